The highest BCUT2D eigenvalue weighted by atomic mass is 35.5. The molecule has 6 heteroatoms. The number of hydrogen-bond acceptors (Lipinski definition) is 2. The fourth-order valence-corrected chi connectivity index (χ4v) is 3.08. The first-order valence-corrected chi connectivity index (χ1v) is 8.50. The van der Waals surface area contributed by atoms with E-state index in [9.17, 15) is 9.59 Å². The molecule has 3 aromatic rings. The molecule has 0 aliphatic rings. The number of nitrogens with zero attached hydrogens (tertiary/aromatic N) is 2. The number of aryl methyl sites for hydroxylation is 1. The number of amides is 1. The summed E-state index contributed by atoms with van der Waals surface area (Å²) in [6, 6.07) is 9.09. The Morgan fingerprint density at radius 2 is 2.00 bits per heavy atom. The van der Waals surface area contributed by atoms with Gasteiger partial charge in [0, 0.05) is 29.0 Å². The van der Waals surface area contributed by atoms with Crippen LogP contribution in [-0.2, 0) is 11.3 Å². The van der Waals surface area contributed by atoms with Gasteiger partial charge in [0.1, 0.15) is 12.1 Å². The summed E-state index contributed by atoms with van der Waals surface area (Å²) in [7, 11) is 0. The summed E-state index contributed by atoms with van der Waals surface area (Å²) in [5.74, 6) is -0.201. The predicted molar refractivity (Wildman–Crippen MR) is 100 cm³/mol. The largest absolute Gasteiger partial charge is 0.352 e. The predicted octanol–water partition coefficient (Wildman–Crippen LogP) is 3.25. The third-order valence-electron chi connectivity index (χ3n) is 3.87. The first kappa shape index (κ1) is 17.3. The van der Waals surface area contributed by atoms with E-state index in [1.165, 1.54) is 4.57 Å². The van der Waals surface area contributed by atoms with Crippen molar-refractivity contribution in [3.63, 3.8) is 0 Å². The highest BCUT2D eigenvalue weighted by Crippen LogP contribution is 2.23. The molecule has 0 radical (unpaired) electrons. The number of carbonyl (C=O) groups is 1. The number of hydrogen-bond donors (Lipinski definition) is 1. The molecule has 2 aromatic heterocycles. The second kappa shape index (κ2) is 6.76. The van der Waals surface area contributed by atoms with Crippen molar-refractivity contribution in [1.82, 2.24) is 14.3 Å². The van der Waals surface area contributed by atoms with E-state index < -0.39 is 0 Å². The van der Waals surface area contributed by atoms with Crippen molar-refractivity contribution in [3.8, 4) is 11.3 Å². The van der Waals surface area contributed by atoms with Gasteiger partial charge in [-0.15, -0.1) is 0 Å². The Kier molecular flexibility index (Phi) is 4.68. The van der Waals surface area contributed by atoms with Crippen molar-refractivity contribution in [1.29, 1.82) is 0 Å². The molecule has 0 aliphatic carbocycles. The number of fused-ring (bicyclic) bond motifs is 1. The summed E-state index contributed by atoms with van der Waals surface area (Å²) in [6.07, 6.45) is 3.75. The summed E-state index contributed by atoms with van der Waals surface area (Å²) in [4.78, 5) is 25.2. The van der Waals surface area contributed by atoms with Gasteiger partial charge in [-0.1, -0.05) is 23.7 Å². The lowest BCUT2D eigenvalue weighted by atomic mass is 10.1. The Morgan fingerprint density at radius 3 is 2.68 bits per heavy atom. The molecule has 0 bridgehead atoms. The Hall–Kier alpha value is -2.53. The van der Waals surface area contributed by atoms with Gasteiger partial charge in [0.2, 0.25) is 5.91 Å². The van der Waals surface area contributed by atoms with Gasteiger partial charge in [0.25, 0.3) is 5.56 Å². The third kappa shape index (κ3) is 3.61. The van der Waals surface area contributed by atoms with Gasteiger partial charge in [0.05, 0.1) is 5.69 Å². The maximum absolute atomic E-state index is 13.0. The van der Waals surface area contributed by atoms with Gasteiger partial charge in [-0.3, -0.25) is 14.2 Å². The lowest BCUT2D eigenvalue weighted by molar-refractivity contribution is -0.122. The van der Waals surface area contributed by atoms with E-state index in [0.29, 0.717) is 16.2 Å². The van der Waals surface area contributed by atoms with Gasteiger partial charge >= 0.3 is 0 Å². The molecule has 3 rings (SSSR count). The van der Waals surface area contributed by atoms with Gasteiger partial charge in [-0.2, -0.15) is 0 Å². The zero-order chi connectivity index (χ0) is 18.1. The Balaban J connectivity index is 2.20. The van der Waals surface area contributed by atoms with Gasteiger partial charge in [0.15, 0.2) is 0 Å². The third-order valence-corrected chi connectivity index (χ3v) is 4.11. The quantitative estimate of drug-likeness (QED) is 0.779. The minimum absolute atomic E-state index is 0.0112. The molecule has 5 nitrogen and oxygen atoms in total. The minimum Gasteiger partial charge on any atom is -0.352 e. The van der Waals surface area contributed by atoms with Crippen LogP contribution in [-0.4, -0.2) is 20.9 Å². The van der Waals surface area contributed by atoms with Gasteiger partial charge < -0.3 is 9.72 Å². The molecular weight excluding hydrogens is 338 g/mol. The van der Waals surface area contributed by atoms with Crippen LogP contribution in [0.5, 0.6) is 0 Å². The molecule has 0 fully saturated rings. The van der Waals surface area contributed by atoms with Gasteiger partial charge in [-0.05, 0) is 44.5 Å². The molecule has 0 saturated heterocycles. The van der Waals surface area contributed by atoms with Gasteiger partial charge in [-0.25, -0.2) is 0 Å². The zero-order valence-electron chi connectivity index (χ0n) is 14.4. The number of rotatable bonds is 4. The molecule has 1 amide bonds. The average molecular weight is 358 g/mol. The standard InChI is InChI=1S/C19H20ClN3O2/c1-12(2)21-18(24)11-23-17(14-5-4-6-15(20)8-14)10-22-9-13(3)7-16(22)19(23)25/h4-10,12H,11H2,1-3H3,(H,21,24). The fourth-order valence-electron chi connectivity index (χ4n) is 2.89. The van der Waals surface area contributed by atoms with Crippen molar-refractivity contribution in [2.24, 2.45) is 0 Å². The Labute approximate surface area is 150 Å². The summed E-state index contributed by atoms with van der Waals surface area (Å²) in [5.41, 5.74) is 2.76. The van der Waals surface area contributed by atoms with Crippen molar-refractivity contribution in [2.45, 2.75) is 33.4 Å². The van der Waals surface area contributed by atoms with E-state index in [0.717, 1.165) is 11.1 Å². The number of carbonyl (C=O) groups excluding carboxylic acids is 1. The van der Waals surface area contributed by atoms with E-state index >= 15 is 0 Å². The van der Waals surface area contributed by atoms with Crippen LogP contribution in [0.15, 0.2) is 47.5 Å². The van der Waals surface area contributed by atoms with Crippen LogP contribution in [0.4, 0.5) is 0 Å². The number of aromatic nitrogens is 2. The van der Waals surface area contributed by atoms with Crippen molar-refractivity contribution >= 4 is 23.0 Å². The van der Waals surface area contributed by atoms with Crippen LogP contribution in [0.25, 0.3) is 16.8 Å². The Morgan fingerprint density at radius 1 is 1.24 bits per heavy atom. The summed E-state index contributed by atoms with van der Waals surface area (Å²) >= 11 is 6.11. The molecule has 25 heavy (non-hydrogen) atoms. The Bertz CT molecular complexity index is 1000. The number of nitrogens with one attached hydrogen (secondary N) is 1. The zero-order valence-corrected chi connectivity index (χ0v) is 15.2. The molecular formula is C19H20ClN3O2. The maximum Gasteiger partial charge on any atom is 0.275 e. The molecule has 0 spiro atoms. The second-order valence-corrected chi connectivity index (χ2v) is 6.88. The topological polar surface area (TPSA) is 55.5 Å². The minimum atomic E-state index is -0.204. The maximum atomic E-state index is 13.0. The molecule has 1 aromatic carbocycles. The molecule has 130 valence electrons. The molecule has 2 heterocycles. The lowest BCUT2D eigenvalue weighted by Gasteiger charge is -2.15. The fraction of sp³-hybridized carbons (Fsp3) is 0.263. The molecule has 1 N–H and O–H groups in total. The summed E-state index contributed by atoms with van der Waals surface area (Å²) in [6.45, 7) is 5.66. The van der Waals surface area contributed by atoms with Crippen LogP contribution in [0.2, 0.25) is 5.02 Å². The monoisotopic (exact) mass is 357 g/mol. The second-order valence-electron chi connectivity index (χ2n) is 6.45. The highest BCUT2D eigenvalue weighted by molar-refractivity contribution is 6.30. The summed E-state index contributed by atoms with van der Waals surface area (Å²) < 4.78 is 3.29. The smallest absolute Gasteiger partial charge is 0.275 e. The lowest BCUT2D eigenvalue weighted by Crippen LogP contribution is -2.36. The van der Waals surface area contributed by atoms with Crippen LogP contribution in [0, 0.1) is 6.92 Å². The normalized spacial score (nSPS) is 11.2. The average Bonchev–Trinajstić information content (AvgIpc) is 2.90. The summed E-state index contributed by atoms with van der Waals surface area (Å²) in [5, 5.41) is 3.41. The van der Waals surface area contributed by atoms with E-state index in [1.807, 2.05) is 51.4 Å². The van der Waals surface area contributed by atoms with Crippen molar-refractivity contribution in [3.05, 3.63) is 63.7 Å². The highest BCUT2D eigenvalue weighted by Gasteiger charge is 2.15. The van der Waals surface area contributed by atoms with Crippen LogP contribution >= 0.6 is 11.6 Å². The van der Waals surface area contributed by atoms with Crippen LogP contribution < -0.4 is 10.9 Å². The van der Waals surface area contributed by atoms with Crippen LogP contribution in [0.3, 0.4) is 0 Å². The van der Waals surface area contributed by atoms with Crippen molar-refractivity contribution < 1.29 is 4.79 Å². The van der Waals surface area contributed by atoms with E-state index in [2.05, 4.69) is 5.32 Å². The van der Waals surface area contributed by atoms with E-state index in [-0.39, 0.29) is 24.1 Å². The molecule has 0 atom stereocenters. The van der Waals surface area contributed by atoms with E-state index in [1.54, 1.807) is 16.5 Å². The first-order chi connectivity index (χ1) is 11.8. The first-order valence-electron chi connectivity index (χ1n) is 8.12. The SMILES string of the molecule is Cc1cc2c(=O)n(CC(=O)NC(C)C)c(-c3cccc(Cl)c3)cn2c1. The van der Waals surface area contributed by atoms with Crippen LogP contribution in [0.1, 0.15) is 19.4 Å². The number of halogens is 1. The van der Waals surface area contributed by atoms with E-state index in [4.69, 9.17) is 11.6 Å². The molecule has 0 aliphatic heterocycles. The van der Waals surface area contributed by atoms with Crippen molar-refractivity contribution in [2.75, 3.05) is 0 Å². The molecule has 0 unspecified atom stereocenters. The molecule has 0 saturated carbocycles. The number of benzene rings is 1.